The Morgan fingerprint density at radius 2 is 2.17 bits per heavy atom. The SMILES string of the molecule is N#Cc1ccccc1CS(=O)(=O)Nc1cnoc1. The summed E-state index contributed by atoms with van der Waals surface area (Å²) in [6, 6.07) is 8.50. The molecule has 0 aliphatic rings. The summed E-state index contributed by atoms with van der Waals surface area (Å²) in [4.78, 5) is 0. The highest BCUT2D eigenvalue weighted by molar-refractivity contribution is 7.91. The van der Waals surface area contributed by atoms with Crippen molar-refractivity contribution in [2.24, 2.45) is 0 Å². The molecule has 2 rings (SSSR count). The number of rotatable bonds is 4. The lowest BCUT2D eigenvalue weighted by molar-refractivity contribution is 0.420. The van der Waals surface area contributed by atoms with Gasteiger partial charge in [0.1, 0.15) is 12.0 Å². The van der Waals surface area contributed by atoms with E-state index < -0.39 is 10.0 Å². The number of aromatic nitrogens is 1. The summed E-state index contributed by atoms with van der Waals surface area (Å²) in [5.41, 5.74) is 1.04. The van der Waals surface area contributed by atoms with Gasteiger partial charge in [0.15, 0.2) is 0 Å². The second-order valence-electron chi connectivity index (χ2n) is 3.54. The predicted octanol–water partition coefficient (Wildman–Crippen LogP) is 1.49. The van der Waals surface area contributed by atoms with Gasteiger partial charge in [-0.2, -0.15) is 5.26 Å². The lowest BCUT2D eigenvalue weighted by atomic mass is 10.1. The Morgan fingerprint density at radius 1 is 1.39 bits per heavy atom. The first kappa shape index (κ1) is 12.1. The van der Waals surface area contributed by atoms with Crippen molar-refractivity contribution < 1.29 is 12.9 Å². The lowest BCUT2D eigenvalue weighted by Crippen LogP contribution is -2.15. The molecule has 0 radical (unpaired) electrons. The smallest absolute Gasteiger partial charge is 0.237 e. The van der Waals surface area contributed by atoms with Crippen molar-refractivity contribution in [3.63, 3.8) is 0 Å². The molecular weight excluding hydrogens is 254 g/mol. The molecule has 0 aliphatic carbocycles. The van der Waals surface area contributed by atoms with Crippen molar-refractivity contribution in [3.05, 3.63) is 47.9 Å². The molecule has 92 valence electrons. The number of anilines is 1. The highest BCUT2D eigenvalue weighted by Crippen LogP contribution is 2.14. The monoisotopic (exact) mass is 263 g/mol. The first-order chi connectivity index (χ1) is 8.61. The van der Waals surface area contributed by atoms with E-state index in [1.807, 2.05) is 6.07 Å². The zero-order valence-corrected chi connectivity index (χ0v) is 10.0. The summed E-state index contributed by atoms with van der Waals surface area (Å²) in [5, 5.41) is 12.3. The Kier molecular flexibility index (Phi) is 3.30. The van der Waals surface area contributed by atoms with E-state index in [1.165, 1.54) is 12.5 Å². The van der Waals surface area contributed by atoms with Crippen LogP contribution in [0.5, 0.6) is 0 Å². The fourth-order valence-electron chi connectivity index (χ4n) is 1.43. The molecule has 18 heavy (non-hydrogen) atoms. The quantitative estimate of drug-likeness (QED) is 0.901. The van der Waals surface area contributed by atoms with Crippen molar-refractivity contribution in [2.75, 3.05) is 4.72 Å². The van der Waals surface area contributed by atoms with Gasteiger partial charge in [-0.3, -0.25) is 4.72 Å². The largest absolute Gasteiger partial charge is 0.362 e. The molecule has 0 saturated carbocycles. The van der Waals surface area contributed by atoms with Crippen molar-refractivity contribution in [1.29, 1.82) is 5.26 Å². The zero-order valence-electron chi connectivity index (χ0n) is 9.20. The van der Waals surface area contributed by atoms with Crippen LogP contribution in [0.25, 0.3) is 0 Å². The third kappa shape index (κ3) is 2.87. The third-order valence-corrected chi connectivity index (χ3v) is 3.43. The van der Waals surface area contributed by atoms with Gasteiger partial charge >= 0.3 is 0 Å². The maximum atomic E-state index is 11.8. The summed E-state index contributed by atoms with van der Waals surface area (Å²) < 4.78 is 30.5. The Balaban J connectivity index is 2.21. The Labute approximate surface area is 104 Å². The summed E-state index contributed by atoms with van der Waals surface area (Å²) in [5.74, 6) is -0.276. The molecule has 0 aliphatic heterocycles. The standard InChI is InChI=1S/C11H9N3O3S/c12-5-9-3-1-2-4-10(9)8-18(15,16)14-11-6-13-17-7-11/h1-4,6-7,14H,8H2. The molecule has 7 heteroatoms. The van der Waals surface area contributed by atoms with Crippen LogP contribution in [-0.4, -0.2) is 13.6 Å². The highest BCUT2D eigenvalue weighted by Gasteiger charge is 2.15. The number of benzene rings is 1. The summed E-state index contributed by atoms with van der Waals surface area (Å²) >= 11 is 0. The summed E-state index contributed by atoms with van der Waals surface area (Å²) in [7, 11) is -3.59. The minimum Gasteiger partial charge on any atom is -0.362 e. The lowest BCUT2D eigenvalue weighted by Gasteiger charge is -2.06. The van der Waals surface area contributed by atoms with Crippen molar-refractivity contribution in [1.82, 2.24) is 5.16 Å². The van der Waals surface area contributed by atoms with Gasteiger partial charge < -0.3 is 4.52 Å². The van der Waals surface area contributed by atoms with E-state index >= 15 is 0 Å². The molecule has 1 heterocycles. The van der Waals surface area contributed by atoms with Crippen LogP contribution < -0.4 is 4.72 Å². The molecular formula is C11H9N3O3S. The van der Waals surface area contributed by atoms with Crippen LogP contribution in [0.3, 0.4) is 0 Å². The van der Waals surface area contributed by atoms with Gasteiger partial charge in [0, 0.05) is 0 Å². The first-order valence-electron chi connectivity index (χ1n) is 4.98. The van der Waals surface area contributed by atoms with Gasteiger partial charge in [-0.25, -0.2) is 8.42 Å². The van der Waals surface area contributed by atoms with Gasteiger partial charge in [0.25, 0.3) is 0 Å². The van der Waals surface area contributed by atoms with Gasteiger partial charge in [-0.1, -0.05) is 23.4 Å². The Hall–Kier alpha value is -2.33. The van der Waals surface area contributed by atoms with Crippen molar-refractivity contribution >= 4 is 15.7 Å². The van der Waals surface area contributed by atoms with E-state index in [4.69, 9.17) is 5.26 Å². The number of hydrogen-bond donors (Lipinski definition) is 1. The molecule has 0 amide bonds. The van der Waals surface area contributed by atoms with E-state index in [9.17, 15) is 8.42 Å². The molecule has 0 unspecified atom stereocenters. The van der Waals surface area contributed by atoms with E-state index in [-0.39, 0.29) is 11.4 Å². The third-order valence-electron chi connectivity index (χ3n) is 2.19. The van der Waals surface area contributed by atoms with Crippen LogP contribution in [-0.2, 0) is 15.8 Å². The van der Waals surface area contributed by atoms with Crippen molar-refractivity contribution in [3.8, 4) is 6.07 Å². The van der Waals surface area contributed by atoms with Gasteiger partial charge in [-0.15, -0.1) is 0 Å². The highest BCUT2D eigenvalue weighted by atomic mass is 32.2. The Bertz CT molecular complexity index is 672. The first-order valence-corrected chi connectivity index (χ1v) is 6.64. The zero-order chi connectivity index (χ0) is 13.0. The molecule has 0 bridgehead atoms. The van der Waals surface area contributed by atoms with Crippen LogP contribution in [0.1, 0.15) is 11.1 Å². The van der Waals surface area contributed by atoms with Crippen LogP contribution in [0, 0.1) is 11.3 Å². The second kappa shape index (κ2) is 4.89. The fraction of sp³-hybridized carbons (Fsp3) is 0.0909. The molecule has 0 atom stereocenters. The van der Waals surface area contributed by atoms with Crippen LogP contribution in [0.15, 0.2) is 41.2 Å². The number of nitrogens with one attached hydrogen (secondary N) is 1. The van der Waals surface area contributed by atoms with Gasteiger partial charge in [-0.05, 0) is 11.6 Å². The molecule has 2 aromatic rings. The topological polar surface area (TPSA) is 96.0 Å². The number of hydrogen-bond acceptors (Lipinski definition) is 5. The summed E-state index contributed by atoms with van der Waals surface area (Å²) in [6.45, 7) is 0. The normalized spacial score (nSPS) is 10.8. The molecule has 0 saturated heterocycles. The molecule has 1 N–H and O–H groups in total. The van der Waals surface area contributed by atoms with Crippen molar-refractivity contribution in [2.45, 2.75) is 5.75 Å². The number of nitriles is 1. The predicted molar refractivity (Wildman–Crippen MR) is 63.9 cm³/mol. The fourth-order valence-corrected chi connectivity index (χ4v) is 2.62. The van der Waals surface area contributed by atoms with E-state index in [0.29, 0.717) is 11.1 Å². The minimum atomic E-state index is -3.59. The Morgan fingerprint density at radius 3 is 2.83 bits per heavy atom. The second-order valence-corrected chi connectivity index (χ2v) is 5.27. The molecule has 0 fully saturated rings. The number of nitrogens with zero attached hydrogens (tertiary/aromatic N) is 2. The average molecular weight is 263 g/mol. The molecule has 6 nitrogen and oxygen atoms in total. The van der Waals surface area contributed by atoms with Crippen LogP contribution >= 0.6 is 0 Å². The maximum Gasteiger partial charge on any atom is 0.237 e. The van der Waals surface area contributed by atoms with E-state index in [0.717, 1.165) is 0 Å². The van der Waals surface area contributed by atoms with Gasteiger partial charge in [0.05, 0.1) is 23.6 Å². The molecule has 1 aromatic heterocycles. The van der Waals surface area contributed by atoms with E-state index in [2.05, 4.69) is 14.4 Å². The van der Waals surface area contributed by atoms with E-state index in [1.54, 1.807) is 24.3 Å². The van der Waals surface area contributed by atoms with Gasteiger partial charge in [0.2, 0.25) is 10.0 Å². The average Bonchev–Trinajstić information content (AvgIpc) is 2.81. The maximum absolute atomic E-state index is 11.8. The minimum absolute atomic E-state index is 0.254. The summed E-state index contributed by atoms with van der Waals surface area (Å²) in [6.07, 6.45) is 2.45. The van der Waals surface area contributed by atoms with Crippen LogP contribution in [0.4, 0.5) is 5.69 Å². The van der Waals surface area contributed by atoms with Crippen LogP contribution in [0.2, 0.25) is 0 Å². The molecule has 1 aromatic carbocycles. The number of sulfonamides is 1. The molecule has 0 spiro atoms.